The van der Waals surface area contributed by atoms with Gasteiger partial charge in [0.15, 0.2) is 0 Å². The van der Waals surface area contributed by atoms with Gasteiger partial charge >= 0.3 is 0 Å². The predicted octanol–water partition coefficient (Wildman–Crippen LogP) is 0.558. The third kappa shape index (κ3) is 5.23. The number of likely N-dealkylation sites (N-methyl/N-ethyl adjacent to an activating group) is 2. The Morgan fingerprint density at radius 2 is 2.24 bits per heavy atom. The lowest BCUT2D eigenvalue weighted by Gasteiger charge is -2.25. The fourth-order valence-corrected chi connectivity index (χ4v) is 3.13. The van der Waals surface area contributed by atoms with Crippen molar-refractivity contribution in [2.24, 2.45) is 5.73 Å². The number of amides is 1. The van der Waals surface area contributed by atoms with Gasteiger partial charge in [0.1, 0.15) is 0 Å². The first-order valence-electron chi connectivity index (χ1n) is 5.81. The van der Waals surface area contributed by atoms with E-state index in [-0.39, 0.29) is 5.91 Å². The maximum Gasteiger partial charge on any atom is 0.236 e. The van der Waals surface area contributed by atoms with Gasteiger partial charge < -0.3 is 10.6 Å². The molecule has 17 heavy (non-hydrogen) atoms. The van der Waals surface area contributed by atoms with Crippen LogP contribution >= 0.6 is 24.0 Å². The second kappa shape index (κ2) is 7.18. The highest BCUT2D eigenvalue weighted by Gasteiger charge is 2.22. The number of thioether (sulfide) groups is 1. The molecule has 0 aromatic heterocycles. The van der Waals surface area contributed by atoms with Gasteiger partial charge in [-0.2, -0.15) is 11.8 Å². The molecule has 1 fully saturated rings. The zero-order valence-corrected chi connectivity index (χ0v) is 12.1. The van der Waals surface area contributed by atoms with Crippen LogP contribution in [0.25, 0.3) is 0 Å². The van der Waals surface area contributed by atoms with Gasteiger partial charge in [-0.1, -0.05) is 12.2 Å². The van der Waals surface area contributed by atoms with Crippen molar-refractivity contribution in [2.75, 3.05) is 38.7 Å². The molecule has 0 radical (unpaired) electrons. The molecular formula is C11H21N3OS2. The summed E-state index contributed by atoms with van der Waals surface area (Å²) in [6, 6.07) is 0.549. The fourth-order valence-electron chi connectivity index (χ4n) is 1.74. The number of hydrogen-bond acceptors (Lipinski definition) is 4. The average Bonchev–Trinajstić information content (AvgIpc) is 2.78. The topological polar surface area (TPSA) is 49.6 Å². The lowest BCUT2D eigenvalue weighted by Crippen LogP contribution is -2.42. The Kier molecular flexibility index (Phi) is 6.22. The highest BCUT2D eigenvalue weighted by molar-refractivity contribution is 7.99. The lowest BCUT2D eigenvalue weighted by atomic mass is 10.2. The van der Waals surface area contributed by atoms with Gasteiger partial charge in [-0.25, -0.2) is 0 Å². The average molecular weight is 275 g/mol. The Bertz CT molecular complexity index is 280. The minimum absolute atomic E-state index is 0.139. The predicted molar refractivity (Wildman–Crippen MR) is 77.4 cm³/mol. The maximum atomic E-state index is 11.9. The molecule has 0 bridgehead atoms. The SMILES string of the molecule is CN(CCC(N)=S)C(=O)CN(C)C1CCSC1. The molecule has 2 N–H and O–H groups in total. The molecule has 0 aliphatic carbocycles. The molecular weight excluding hydrogens is 254 g/mol. The largest absolute Gasteiger partial charge is 0.393 e. The minimum Gasteiger partial charge on any atom is -0.393 e. The van der Waals surface area contributed by atoms with Gasteiger partial charge in [-0.05, 0) is 19.2 Å². The fraction of sp³-hybridized carbons (Fsp3) is 0.818. The van der Waals surface area contributed by atoms with Crippen LogP contribution in [0, 0.1) is 0 Å². The van der Waals surface area contributed by atoms with Crippen molar-refractivity contribution < 1.29 is 4.79 Å². The van der Waals surface area contributed by atoms with Crippen LogP contribution in [0.1, 0.15) is 12.8 Å². The van der Waals surface area contributed by atoms with Crippen LogP contribution in [0.15, 0.2) is 0 Å². The molecule has 6 heteroatoms. The summed E-state index contributed by atoms with van der Waals surface area (Å²) in [5.41, 5.74) is 5.42. The normalized spacial score (nSPS) is 19.6. The molecule has 1 heterocycles. The number of rotatable bonds is 6. The van der Waals surface area contributed by atoms with E-state index >= 15 is 0 Å². The van der Waals surface area contributed by atoms with Crippen LogP contribution in [0.3, 0.4) is 0 Å². The molecule has 1 unspecified atom stereocenters. The lowest BCUT2D eigenvalue weighted by molar-refractivity contribution is -0.131. The number of thiocarbonyl (C=S) groups is 1. The Morgan fingerprint density at radius 1 is 1.53 bits per heavy atom. The van der Waals surface area contributed by atoms with Crippen LogP contribution in [-0.4, -0.2) is 65.4 Å². The number of hydrogen-bond donors (Lipinski definition) is 1. The van der Waals surface area contributed by atoms with Crippen LogP contribution in [-0.2, 0) is 4.79 Å². The molecule has 1 atom stereocenters. The highest BCUT2D eigenvalue weighted by atomic mass is 32.2. The first kappa shape index (κ1) is 14.7. The first-order chi connectivity index (χ1) is 8.00. The molecule has 0 saturated carbocycles. The van der Waals surface area contributed by atoms with Crippen LogP contribution < -0.4 is 5.73 Å². The Morgan fingerprint density at radius 3 is 2.76 bits per heavy atom. The van der Waals surface area contributed by atoms with Gasteiger partial charge in [0, 0.05) is 31.8 Å². The van der Waals surface area contributed by atoms with E-state index in [0.29, 0.717) is 30.5 Å². The summed E-state index contributed by atoms with van der Waals surface area (Å²) in [7, 11) is 3.83. The van der Waals surface area contributed by atoms with Crippen LogP contribution in [0.4, 0.5) is 0 Å². The van der Waals surface area contributed by atoms with E-state index in [1.165, 1.54) is 12.2 Å². The van der Waals surface area contributed by atoms with E-state index in [1.807, 2.05) is 18.8 Å². The summed E-state index contributed by atoms with van der Waals surface area (Å²) in [6.07, 6.45) is 1.78. The van der Waals surface area contributed by atoms with Gasteiger partial charge in [0.05, 0.1) is 11.5 Å². The van der Waals surface area contributed by atoms with Crippen molar-refractivity contribution in [2.45, 2.75) is 18.9 Å². The quantitative estimate of drug-likeness (QED) is 0.718. The van der Waals surface area contributed by atoms with Gasteiger partial charge in [0.2, 0.25) is 5.91 Å². The maximum absolute atomic E-state index is 11.9. The summed E-state index contributed by atoms with van der Waals surface area (Å²) in [5, 5.41) is 0. The van der Waals surface area contributed by atoms with E-state index in [1.54, 1.807) is 11.9 Å². The standard InChI is InChI=1S/C11H21N3OS2/c1-13(5-3-10(12)16)11(15)7-14(2)9-4-6-17-8-9/h9H,3-8H2,1-2H3,(H2,12,16). The third-order valence-corrected chi connectivity index (χ3v) is 4.38. The Hall–Kier alpha value is -0.330. The van der Waals surface area contributed by atoms with Crippen molar-refractivity contribution in [3.8, 4) is 0 Å². The molecule has 98 valence electrons. The van der Waals surface area contributed by atoms with Gasteiger partial charge in [-0.3, -0.25) is 9.69 Å². The van der Waals surface area contributed by atoms with E-state index in [2.05, 4.69) is 4.90 Å². The number of nitrogens with zero attached hydrogens (tertiary/aromatic N) is 2. The third-order valence-electron chi connectivity index (χ3n) is 3.03. The summed E-state index contributed by atoms with van der Waals surface area (Å²) in [6.45, 7) is 1.10. The van der Waals surface area contributed by atoms with Gasteiger partial charge in [0.25, 0.3) is 0 Å². The van der Waals surface area contributed by atoms with Crippen molar-refractivity contribution in [3.63, 3.8) is 0 Å². The van der Waals surface area contributed by atoms with Crippen molar-refractivity contribution >= 4 is 34.9 Å². The molecule has 0 spiro atoms. The van der Waals surface area contributed by atoms with Crippen molar-refractivity contribution in [1.82, 2.24) is 9.80 Å². The molecule has 0 aromatic carbocycles. The number of nitrogens with two attached hydrogens (primary N) is 1. The second-order valence-electron chi connectivity index (χ2n) is 4.46. The molecule has 4 nitrogen and oxygen atoms in total. The van der Waals surface area contributed by atoms with Crippen LogP contribution in [0.5, 0.6) is 0 Å². The molecule has 1 saturated heterocycles. The summed E-state index contributed by atoms with van der Waals surface area (Å²) >= 11 is 6.76. The summed E-state index contributed by atoms with van der Waals surface area (Å²) < 4.78 is 0. The Labute approximate surface area is 113 Å². The molecule has 1 amide bonds. The summed E-state index contributed by atoms with van der Waals surface area (Å²) in [5.74, 6) is 2.49. The van der Waals surface area contributed by atoms with E-state index < -0.39 is 0 Å². The molecule has 1 rings (SSSR count). The van der Waals surface area contributed by atoms with E-state index in [9.17, 15) is 4.79 Å². The van der Waals surface area contributed by atoms with E-state index in [4.69, 9.17) is 18.0 Å². The number of carbonyl (C=O) groups is 1. The van der Waals surface area contributed by atoms with Crippen molar-refractivity contribution in [3.05, 3.63) is 0 Å². The second-order valence-corrected chi connectivity index (χ2v) is 6.14. The van der Waals surface area contributed by atoms with Gasteiger partial charge in [-0.15, -0.1) is 0 Å². The Balaban J connectivity index is 2.29. The molecule has 1 aliphatic heterocycles. The van der Waals surface area contributed by atoms with E-state index in [0.717, 1.165) is 5.75 Å². The zero-order valence-electron chi connectivity index (χ0n) is 10.5. The first-order valence-corrected chi connectivity index (χ1v) is 7.37. The minimum atomic E-state index is 0.139. The zero-order chi connectivity index (χ0) is 12.8. The molecule has 1 aliphatic rings. The smallest absolute Gasteiger partial charge is 0.236 e. The van der Waals surface area contributed by atoms with Crippen LogP contribution in [0.2, 0.25) is 0 Å². The highest BCUT2D eigenvalue weighted by Crippen LogP contribution is 2.21. The number of carbonyl (C=O) groups excluding carboxylic acids is 1. The monoisotopic (exact) mass is 275 g/mol. The summed E-state index contributed by atoms with van der Waals surface area (Å²) in [4.78, 5) is 16.2. The molecule has 0 aromatic rings. The van der Waals surface area contributed by atoms with Crippen molar-refractivity contribution in [1.29, 1.82) is 0 Å².